The Hall–Kier alpha value is 0.230. The van der Waals surface area contributed by atoms with E-state index in [0.29, 0.717) is 5.33 Å². The minimum Gasteiger partial charge on any atom is -0.369 e. The van der Waals surface area contributed by atoms with Crippen LogP contribution in [-0.2, 0) is 4.74 Å². The molecule has 1 aliphatic carbocycles. The van der Waals surface area contributed by atoms with E-state index in [1.807, 2.05) is 0 Å². The molecule has 0 aromatic carbocycles. The van der Waals surface area contributed by atoms with E-state index in [0.717, 1.165) is 7.11 Å². The van der Waals surface area contributed by atoms with Gasteiger partial charge in [-0.05, 0) is 18.8 Å². The fourth-order valence-electron chi connectivity index (χ4n) is 1.50. The number of ether oxygens (including phenoxy) is 1. The molecule has 0 saturated heterocycles. The maximum Gasteiger partial charge on any atom is 0.417 e. The monoisotopic (exact) mass is 246 g/mol. The second-order valence-electron chi connectivity index (χ2n) is 3.12. The second kappa shape index (κ2) is 3.18. The maximum atomic E-state index is 12.3. The summed E-state index contributed by atoms with van der Waals surface area (Å²) in [4.78, 5) is 0. The molecule has 12 heavy (non-hydrogen) atoms. The fraction of sp³-hybridized carbons (Fsp3) is 1.00. The van der Waals surface area contributed by atoms with Crippen molar-refractivity contribution in [3.63, 3.8) is 0 Å². The molecule has 0 heterocycles. The van der Waals surface area contributed by atoms with Gasteiger partial charge in [-0.3, -0.25) is 0 Å². The lowest BCUT2D eigenvalue weighted by Crippen LogP contribution is -2.56. The van der Waals surface area contributed by atoms with E-state index in [1.165, 1.54) is 0 Å². The topological polar surface area (TPSA) is 9.23 Å². The van der Waals surface area contributed by atoms with Crippen molar-refractivity contribution in [1.29, 1.82) is 0 Å². The molecule has 72 valence electrons. The van der Waals surface area contributed by atoms with Gasteiger partial charge in [0.15, 0.2) is 5.60 Å². The number of methoxy groups -OCH3 is 1. The maximum absolute atomic E-state index is 12.3. The van der Waals surface area contributed by atoms with Gasteiger partial charge >= 0.3 is 6.18 Å². The van der Waals surface area contributed by atoms with Gasteiger partial charge in [0.2, 0.25) is 0 Å². The zero-order chi connectivity index (χ0) is 9.41. The molecule has 0 unspecified atom stereocenters. The third kappa shape index (κ3) is 1.48. The van der Waals surface area contributed by atoms with Gasteiger partial charge < -0.3 is 4.74 Å². The molecule has 0 aromatic heterocycles. The van der Waals surface area contributed by atoms with Crippen molar-refractivity contribution in [2.24, 2.45) is 5.92 Å². The molecule has 1 rings (SSSR count). The van der Waals surface area contributed by atoms with Gasteiger partial charge in [0.1, 0.15) is 0 Å². The largest absolute Gasteiger partial charge is 0.417 e. The fourth-order valence-corrected chi connectivity index (χ4v) is 1.95. The highest BCUT2D eigenvalue weighted by Crippen LogP contribution is 2.51. The lowest BCUT2D eigenvalue weighted by molar-refractivity contribution is -0.306. The third-order valence-corrected chi connectivity index (χ3v) is 3.28. The van der Waals surface area contributed by atoms with Gasteiger partial charge in [0.25, 0.3) is 0 Å². The molecule has 0 bridgehead atoms. The van der Waals surface area contributed by atoms with Crippen molar-refractivity contribution in [2.45, 2.75) is 24.6 Å². The first-order valence-electron chi connectivity index (χ1n) is 3.63. The van der Waals surface area contributed by atoms with Gasteiger partial charge in [-0.2, -0.15) is 13.2 Å². The molecular formula is C7H10BrF3O. The van der Waals surface area contributed by atoms with Crippen molar-refractivity contribution in [2.75, 3.05) is 12.4 Å². The summed E-state index contributed by atoms with van der Waals surface area (Å²) in [6, 6.07) is 0. The molecule has 0 aromatic rings. The molecular weight excluding hydrogens is 237 g/mol. The first kappa shape index (κ1) is 10.3. The van der Waals surface area contributed by atoms with Crippen molar-refractivity contribution in [3.05, 3.63) is 0 Å². The van der Waals surface area contributed by atoms with Crippen LogP contribution in [0.3, 0.4) is 0 Å². The lowest BCUT2D eigenvalue weighted by Gasteiger charge is -2.46. The molecule has 1 saturated carbocycles. The van der Waals surface area contributed by atoms with E-state index in [4.69, 9.17) is 0 Å². The second-order valence-corrected chi connectivity index (χ2v) is 3.77. The third-order valence-electron chi connectivity index (χ3n) is 2.36. The average Bonchev–Trinajstić information content (AvgIpc) is 1.84. The highest BCUT2D eigenvalue weighted by Gasteiger charge is 2.62. The Morgan fingerprint density at radius 3 is 2.25 bits per heavy atom. The summed E-state index contributed by atoms with van der Waals surface area (Å²) in [5.74, 6) is 0.103. The van der Waals surface area contributed by atoms with Crippen LogP contribution in [-0.4, -0.2) is 24.2 Å². The smallest absolute Gasteiger partial charge is 0.369 e. The summed E-state index contributed by atoms with van der Waals surface area (Å²) in [6.45, 7) is 0. The first-order valence-corrected chi connectivity index (χ1v) is 4.75. The Kier molecular flexibility index (Phi) is 2.73. The Balaban J connectivity index is 2.59. The number of alkyl halides is 4. The molecule has 1 fully saturated rings. The van der Waals surface area contributed by atoms with Crippen molar-refractivity contribution in [1.82, 2.24) is 0 Å². The Bertz CT molecular complexity index is 163. The zero-order valence-corrected chi connectivity index (χ0v) is 8.20. The van der Waals surface area contributed by atoms with E-state index in [2.05, 4.69) is 20.7 Å². The van der Waals surface area contributed by atoms with Crippen LogP contribution in [0.25, 0.3) is 0 Å². The predicted octanol–water partition coefficient (Wildman–Crippen LogP) is 2.74. The highest BCUT2D eigenvalue weighted by atomic mass is 79.9. The first-order chi connectivity index (χ1) is 5.45. The standard InChI is InChI=1S/C7H10BrF3O/c1-12-6(7(9,10)11)2-5(3-6)4-8/h5H,2-4H2,1H3. The molecule has 1 aliphatic rings. The molecule has 0 spiro atoms. The van der Waals surface area contributed by atoms with Crippen molar-refractivity contribution >= 4 is 15.9 Å². The zero-order valence-electron chi connectivity index (χ0n) is 6.62. The average molecular weight is 247 g/mol. The van der Waals surface area contributed by atoms with Gasteiger partial charge in [-0.1, -0.05) is 15.9 Å². The van der Waals surface area contributed by atoms with Gasteiger partial charge in [0.05, 0.1) is 0 Å². The van der Waals surface area contributed by atoms with Crippen LogP contribution < -0.4 is 0 Å². The predicted molar refractivity (Wildman–Crippen MR) is 42.3 cm³/mol. The van der Waals surface area contributed by atoms with E-state index in [1.54, 1.807) is 0 Å². The van der Waals surface area contributed by atoms with Crippen LogP contribution in [0.1, 0.15) is 12.8 Å². The van der Waals surface area contributed by atoms with Gasteiger partial charge in [0, 0.05) is 12.4 Å². The molecule has 0 atom stereocenters. The SMILES string of the molecule is COC1(C(F)(F)F)CC(CBr)C1. The summed E-state index contributed by atoms with van der Waals surface area (Å²) in [6.07, 6.45) is -4.06. The van der Waals surface area contributed by atoms with Crippen LogP contribution in [0, 0.1) is 5.92 Å². The van der Waals surface area contributed by atoms with Crippen LogP contribution in [0.5, 0.6) is 0 Å². The minimum atomic E-state index is -4.22. The normalized spacial score (nSPS) is 36.2. The summed E-state index contributed by atoms with van der Waals surface area (Å²) >= 11 is 3.15. The van der Waals surface area contributed by atoms with Crippen molar-refractivity contribution in [3.8, 4) is 0 Å². The molecule has 0 radical (unpaired) electrons. The van der Waals surface area contributed by atoms with E-state index >= 15 is 0 Å². The Morgan fingerprint density at radius 2 is 2.00 bits per heavy atom. The lowest BCUT2D eigenvalue weighted by atomic mass is 9.71. The summed E-state index contributed by atoms with van der Waals surface area (Å²) in [7, 11) is 1.12. The summed E-state index contributed by atoms with van der Waals surface area (Å²) in [5.41, 5.74) is -1.86. The highest BCUT2D eigenvalue weighted by molar-refractivity contribution is 9.09. The van der Waals surface area contributed by atoms with Crippen LogP contribution in [0.4, 0.5) is 13.2 Å². The molecule has 0 aliphatic heterocycles. The summed E-state index contributed by atoms with van der Waals surface area (Å²) in [5, 5.41) is 0.619. The van der Waals surface area contributed by atoms with Crippen LogP contribution in [0.15, 0.2) is 0 Å². The number of hydrogen-bond acceptors (Lipinski definition) is 1. The van der Waals surface area contributed by atoms with E-state index in [-0.39, 0.29) is 18.8 Å². The van der Waals surface area contributed by atoms with Crippen molar-refractivity contribution < 1.29 is 17.9 Å². The van der Waals surface area contributed by atoms with E-state index in [9.17, 15) is 13.2 Å². The molecule has 1 nitrogen and oxygen atoms in total. The Labute approximate surface area is 77.4 Å². The van der Waals surface area contributed by atoms with Crippen LogP contribution >= 0.6 is 15.9 Å². The summed E-state index contributed by atoms with van der Waals surface area (Å²) < 4.78 is 41.5. The number of halogens is 4. The number of hydrogen-bond donors (Lipinski definition) is 0. The Morgan fingerprint density at radius 1 is 1.50 bits per heavy atom. The molecule has 0 N–H and O–H groups in total. The molecule has 5 heteroatoms. The van der Waals surface area contributed by atoms with Gasteiger partial charge in [-0.25, -0.2) is 0 Å². The number of rotatable bonds is 2. The van der Waals surface area contributed by atoms with Gasteiger partial charge in [-0.15, -0.1) is 0 Å². The van der Waals surface area contributed by atoms with E-state index < -0.39 is 11.8 Å². The molecule has 0 amide bonds. The minimum absolute atomic E-state index is 0.0816. The quantitative estimate of drug-likeness (QED) is 0.681. The van der Waals surface area contributed by atoms with Crippen LogP contribution in [0.2, 0.25) is 0 Å².